The molecule has 1 unspecified atom stereocenters. The molecule has 0 amide bonds. The highest BCUT2D eigenvalue weighted by Gasteiger charge is 2.17. The number of aryl methyl sites for hydroxylation is 2. The van der Waals surface area contributed by atoms with E-state index in [0.717, 1.165) is 30.8 Å². The molecule has 0 aliphatic carbocycles. The van der Waals surface area contributed by atoms with Crippen molar-refractivity contribution < 1.29 is 14.0 Å². The van der Waals surface area contributed by atoms with Crippen molar-refractivity contribution in [3.8, 4) is 5.75 Å². The molecule has 1 aliphatic rings. The van der Waals surface area contributed by atoms with Crippen LogP contribution in [-0.4, -0.2) is 49.0 Å². The molecule has 1 aromatic carbocycles. The summed E-state index contributed by atoms with van der Waals surface area (Å²) in [5, 5.41) is 10.4. The third kappa shape index (κ3) is 5.95. The third-order valence-electron chi connectivity index (χ3n) is 4.54. The zero-order valence-electron chi connectivity index (χ0n) is 16.8. The van der Waals surface area contributed by atoms with Gasteiger partial charge in [-0.15, -0.1) is 0 Å². The van der Waals surface area contributed by atoms with Crippen LogP contribution in [0.15, 0.2) is 27.7 Å². The predicted molar refractivity (Wildman–Crippen MR) is 107 cm³/mol. The zero-order valence-corrected chi connectivity index (χ0v) is 16.8. The fourth-order valence-corrected chi connectivity index (χ4v) is 3.03. The van der Waals surface area contributed by atoms with Crippen LogP contribution in [0.3, 0.4) is 0 Å². The number of aliphatic imine (C=N–C) groups is 1. The number of benzene rings is 1. The predicted octanol–water partition coefficient (Wildman–Crippen LogP) is 2.15. The molecule has 8 heteroatoms. The second-order valence-electron chi connectivity index (χ2n) is 6.90. The number of ether oxygens (including phenoxy) is 2. The van der Waals surface area contributed by atoms with Gasteiger partial charge < -0.3 is 24.6 Å². The van der Waals surface area contributed by atoms with Gasteiger partial charge in [-0.3, -0.25) is 4.99 Å². The molecule has 0 radical (unpaired) electrons. The molecule has 0 saturated carbocycles. The Bertz CT molecular complexity index is 784. The van der Waals surface area contributed by atoms with Crippen molar-refractivity contribution in [2.45, 2.75) is 45.8 Å². The van der Waals surface area contributed by atoms with Gasteiger partial charge in [-0.25, -0.2) is 0 Å². The Hall–Kier alpha value is -2.61. The fraction of sp³-hybridized carbons (Fsp3) is 0.550. The number of rotatable bonds is 8. The van der Waals surface area contributed by atoms with E-state index in [1.807, 2.05) is 0 Å². The van der Waals surface area contributed by atoms with E-state index < -0.39 is 0 Å². The molecule has 0 spiro atoms. The first-order valence-corrected chi connectivity index (χ1v) is 9.71. The van der Waals surface area contributed by atoms with Crippen molar-refractivity contribution in [1.82, 2.24) is 20.8 Å². The molecule has 2 aromatic rings. The molecule has 1 aliphatic heterocycles. The van der Waals surface area contributed by atoms with Crippen molar-refractivity contribution in [2.75, 3.05) is 26.8 Å². The van der Waals surface area contributed by atoms with Gasteiger partial charge in [0.05, 0.1) is 6.10 Å². The van der Waals surface area contributed by atoms with E-state index in [2.05, 4.69) is 50.9 Å². The monoisotopic (exact) mass is 387 g/mol. The lowest BCUT2D eigenvalue weighted by molar-refractivity contribution is 0.0676. The number of hydrogen-bond acceptors (Lipinski definition) is 6. The average Bonchev–Trinajstić information content (AvgIpc) is 3.35. The topological polar surface area (TPSA) is 93.8 Å². The average molecular weight is 387 g/mol. The molecule has 1 atom stereocenters. The Morgan fingerprint density at radius 3 is 2.93 bits per heavy atom. The molecule has 0 bridgehead atoms. The van der Waals surface area contributed by atoms with Gasteiger partial charge in [0.15, 0.2) is 11.8 Å². The summed E-state index contributed by atoms with van der Waals surface area (Å²) in [6.07, 6.45) is 3.02. The Labute approximate surface area is 165 Å². The maximum atomic E-state index is 6.06. The van der Waals surface area contributed by atoms with Gasteiger partial charge >= 0.3 is 0 Å². The van der Waals surface area contributed by atoms with Crippen molar-refractivity contribution in [3.63, 3.8) is 0 Å². The lowest BCUT2D eigenvalue weighted by atomic mass is 10.1. The van der Waals surface area contributed by atoms with Gasteiger partial charge in [-0.2, -0.15) is 4.98 Å². The molecule has 152 valence electrons. The molecule has 2 N–H and O–H groups in total. The maximum Gasteiger partial charge on any atom is 0.228 e. The molecule has 2 heterocycles. The summed E-state index contributed by atoms with van der Waals surface area (Å²) in [5.41, 5.74) is 2.25. The largest absolute Gasteiger partial charge is 0.491 e. The van der Waals surface area contributed by atoms with E-state index in [1.165, 1.54) is 5.56 Å². The van der Waals surface area contributed by atoms with E-state index in [0.29, 0.717) is 43.8 Å². The van der Waals surface area contributed by atoms with E-state index in [4.69, 9.17) is 14.0 Å². The minimum Gasteiger partial charge on any atom is -0.491 e. The van der Waals surface area contributed by atoms with Gasteiger partial charge in [-0.1, -0.05) is 17.3 Å². The van der Waals surface area contributed by atoms with E-state index in [1.54, 1.807) is 14.0 Å². The summed E-state index contributed by atoms with van der Waals surface area (Å²) >= 11 is 0. The Balaban J connectivity index is 1.50. The number of guanidine groups is 1. The lowest BCUT2D eigenvalue weighted by Crippen LogP contribution is -2.38. The van der Waals surface area contributed by atoms with Crippen molar-refractivity contribution >= 4 is 5.96 Å². The second-order valence-corrected chi connectivity index (χ2v) is 6.90. The van der Waals surface area contributed by atoms with Gasteiger partial charge in [0, 0.05) is 38.7 Å². The lowest BCUT2D eigenvalue weighted by Gasteiger charge is -2.17. The van der Waals surface area contributed by atoms with E-state index in [-0.39, 0.29) is 6.10 Å². The molecule has 3 rings (SSSR count). The Morgan fingerprint density at radius 1 is 1.32 bits per heavy atom. The van der Waals surface area contributed by atoms with E-state index >= 15 is 0 Å². The first kappa shape index (κ1) is 20.1. The Kier molecular flexibility index (Phi) is 7.25. The standard InChI is InChI=1S/C20H29N5O3/c1-14-6-7-16(18(11-14)27-13-17-5-4-10-26-17)12-23-20(21-3)22-9-8-19-24-15(2)25-28-19/h6-7,11,17H,4-5,8-10,12-13H2,1-3H3,(H2,21,22,23). The van der Waals surface area contributed by atoms with Crippen LogP contribution in [0.2, 0.25) is 0 Å². The van der Waals surface area contributed by atoms with Crippen LogP contribution in [0.5, 0.6) is 5.75 Å². The molecule has 1 fully saturated rings. The molecule has 1 aromatic heterocycles. The minimum absolute atomic E-state index is 0.198. The molecule has 8 nitrogen and oxygen atoms in total. The summed E-state index contributed by atoms with van der Waals surface area (Å²) in [5.74, 6) is 2.86. The molecule has 1 saturated heterocycles. The van der Waals surface area contributed by atoms with Gasteiger partial charge in [0.2, 0.25) is 5.89 Å². The fourth-order valence-electron chi connectivity index (χ4n) is 3.03. The second kappa shape index (κ2) is 10.1. The van der Waals surface area contributed by atoms with Crippen LogP contribution in [0.4, 0.5) is 0 Å². The van der Waals surface area contributed by atoms with Crippen molar-refractivity contribution in [3.05, 3.63) is 41.0 Å². The summed E-state index contributed by atoms with van der Waals surface area (Å²) in [6, 6.07) is 6.24. The number of hydrogen-bond donors (Lipinski definition) is 2. The van der Waals surface area contributed by atoms with Gasteiger partial charge in [-0.05, 0) is 38.3 Å². The number of nitrogens with one attached hydrogen (secondary N) is 2. The van der Waals surface area contributed by atoms with Crippen LogP contribution in [-0.2, 0) is 17.7 Å². The first-order chi connectivity index (χ1) is 13.6. The summed E-state index contributed by atoms with van der Waals surface area (Å²) in [7, 11) is 1.75. The van der Waals surface area contributed by atoms with Crippen LogP contribution >= 0.6 is 0 Å². The highest BCUT2D eigenvalue weighted by molar-refractivity contribution is 5.79. The molecular weight excluding hydrogens is 358 g/mol. The quantitative estimate of drug-likeness (QED) is 0.529. The maximum absolute atomic E-state index is 6.06. The van der Waals surface area contributed by atoms with Gasteiger partial charge in [0.25, 0.3) is 0 Å². The van der Waals surface area contributed by atoms with Crippen molar-refractivity contribution in [2.24, 2.45) is 4.99 Å². The van der Waals surface area contributed by atoms with Gasteiger partial charge in [0.1, 0.15) is 12.4 Å². The number of aromatic nitrogens is 2. The zero-order chi connectivity index (χ0) is 19.8. The number of nitrogens with zero attached hydrogens (tertiary/aromatic N) is 3. The summed E-state index contributed by atoms with van der Waals surface area (Å²) in [6.45, 7) is 6.56. The summed E-state index contributed by atoms with van der Waals surface area (Å²) < 4.78 is 16.8. The first-order valence-electron chi connectivity index (χ1n) is 9.71. The molecular formula is C20H29N5O3. The third-order valence-corrected chi connectivity index (χ3v) is 4.54. The normalized spacial score (nSPS) is 17.0. The van der Waals surface area contributed by atoms with Crippen LogP contribution < -0.4 is 15.4 Å². The minimum atomic E-state index is 0.198. The summed E-state index contributed by atoms with van der Waals surface area (Å²) in [4.78, 5) is 8.46. The molecule has 28 heavy (non-hydrogen) atoms. The van der Waals surface area contributed by atoms with E-state index in [9.17, 15) is 0 Å². The van der Waals surface area contributed by atoms with Crippen LogP contribution in [0.1, 0.15) is 35.7 Å². The highest BCUT2D eigenvalue weighted by Crippen LogP contribution is 2.22. The van der Waals surface area contributed by atoms with Crippen molar-refractivity contribution in [1.29, 1.82) is 0 Å². The highest BCUT2D eigenvalue weighted by atomic mass is 16.5. The smallest absolute Gasteiger partial charge is 0.228 e. The SMILES string of the molecule is CN=C(NCCc1nc(C)no1)NCc1ccc(C)cc1OCC1CCCO1. The Morgan fingerprint density at radius 2 is 2.21 bits per heavy atom. The van der Waals surface area contributed by atoms with Crippen LogP contribution in [0.25, 0.3) is 0 Å². The van der Waals surface area contributed by atoms with Crippen LogP contribution in [0, 0.1) is 13.8 Å².